The number of thiol groups is 1. The molecular formula is C8H14N2OS. The summed E-state index contributed by atoms with van der Waals surface area (Å²) in [7, 11) is 0. The van der Waals surface area contributed by atoms with Gasteiger partial charge in [0.2, 0.25) is 0 Å². The van der Waals surface area contributed by atoms with Crippen molar-refractivity contribution in [3.8, 4) is 12.1 Å². The maximum absolute atomic E-state index is 8.02. The lowest BCUT2D eigenvalue weighted by Gasteiger charge is -1.94. The van der Waals surface area contributed by atoms with Gasteiger partial charge in [-0.3, -0.25) is 0 Å². The second-order valence-corrected chi connectivity index (χ2v) is 2.20. The second kappa shape index (κ2) is 16.7. The van der Waals surface area contributed by atoms with E-state index in [1.165, 1.54) is 0 Å². The minimum atomic E-state index is 0.480. The molecule has 0 aliphatic carbocycles. The Bertz CT molecular complexity index is 148. The van der Waals surface area contributed by atoms with Gasteiger partial charge in [0, 0.05) is 12.2 Å². The second-order valence-electron chi connectivity index (χ2n) is 1.76. The van der Waals surface area contributed by atoms with E-state index in [0.717, 1.165) is 5.75 Å². The number of hydrogen-bond donors (Lipinski definition) is 1. The predicted octanol–water partition coefficient (Wildman–Crippen LogP) is 1.77. The van der Waals surface area contributed by atoms with Gasteiger partial charge in [-0.1, -0.05) is 6.92 Å². The summed E-state index contributed by atoms with van der Waals surface area (Å²) in [6, 6.07) is 3.91. The third kappa shape index (κ3) is 22.8. The molecule has 0 saturated carbocycles. The number of nitriles is 2. The smallest absolute Gasteiger partial charge is 0.0645 e. The SMILES string of the molecule is CCC#N.N#CCCOCCS. The van der Waals surface area contributed by atoms with Gasteiger partial charge < -0.3 is 4.74 Å². The summed E-state index contributed by atoms with van der Waals surface area (Å²) in [6.07, 6.45) is 1.10. The fraction of sp³-hybridized carbons (Fsp3) is 0.750. The number of ether oxygens (including phenoxy) is 1. The number of nitrogens with zero attached hydrogens (tertiary/aromatic N) is 2. The molecule has 0 spiro atoms. The average Bonchev–Trinajstić information content (AvgIpc) is 2.13. The van der Waals surface area contributed by atoms with Gasteiger partial charge in [0.1, 0.15) is 0 Å². The molecule has 0 unspecified atom stereocenters. The van der Waals surface area contributed by atoms with E-state index in [1.54, 1.807) is 0 Å². The maximum Gasteiger partial charge on any atom is 0.0645 e. The minimum absolute atomic E-state index is 0.480. The summed E-state index contributed by atoms with van der Waals surface area (Å²) < 4.78 is 4.92. The lowest BCUT2D eigenvalue weighted by Crippen LogP contribution is -1.95. The Kier molecular flexibility index (Phi) is 19.3. The van der Waals surface area contributed by atoms with E-state index in [4.69, 9.17) is 15.3 Å². The van der Waals surface area contributed by atoms with Crippen molar-refractivity contribution < 1.29 is 4.74 Å². The van der Waals surface area contributed by atoms with Crippen LogP contribution in [-0.4, -0.2) is 19.0 Å². The van der Waals surface area contributed by atoms with Crippen LogP contribution in [0.25, 0.3) is 0 Å². The molecule has 0 aromatic carbocycles. The highest BCUT2D eigenvalue weighted by molar-refractivity contribution is 7.80. The predicted molar refractivity (Wildman–Crippen MR) is 50.8 cm³/mol. The van der Waals surface area contributed by atoms with Crippen molar-refractivity contribution in [3.63, 3.8) is 0 Å². The first-order chi connectivity index (χ1) is 5.83. The van der Waals surface area contributed by atoms with Crippen LogP contribution in [0.4, 0.5) is 0 Å². The largest absolute Gasteiger partial charge is 0.380 e. The molecule has 0 amide bonds. The van der Waals surface area contributed by atoms with Gasteiger partial charge >= 0.3 is 0 Å². The van der Waals surface area contributed by atoms with Gasteiger partial charge in [-0.05, 0) is 0 Å². The summed E-state index contributed by atoms with van der Waals surface area (Å²) in [4.78, 5) is 0. The van der Waals surface area contributed by atoms with Crippen molar-refractivity contribution in [2.45, 2.75) is 19.8 Å². The molecule has 0 bridgehead atoms. The van der Waals surface area contributed by atoms with E-state index in [0.29, 0.717) is 26.1 Å². The molecule has 0 aliphatic heterocycles. The molecule has 4 heteroatoms. The first kappa shape index (κ1) is 13.9. The molecule has 0 N–H and O–H groups in total. The Morgan fingerprint density at radius 3 is 2.17 bits per heavy atom. The highest BCUT2D eigenvalue weighted by Crippen LogP contribution is 1.80. The van der Waals surface area contributed by atoms with Crippen LogP contribution in [0.5, 0.6) is 0 Å². The quantitative estimate of drug-likeness (QED) is 0.537. The zero-order valence-corrected chi connectivity index (χ0v) is 8.18. The molecule has 3 nitrogen and oxygen atoms in total. The summed E-state index contributed by atoms with van der Waals surface area (Å²) in [6.45, 7) is 3.00. The van der Waals surface area contributed by atoms with Crippen LogP contribution < -0.4 is 0 Å². The fourth-order valence-corrected chi connectivity index (χ4v) is 0.414. The van der Waals surface area contributed by atoms with Crippen molar-refractivity contribution in [3.05, 3.63) is 0 Å². The van der Waals surface area contributed by atoms with E-state index in [2.05, 4.69) is 12.6 Å². The molecule has 0 aromatic heterocycles. The molecule has 12 heavy (non-hydrogen) atoms. The van der Waals surface area contributed by atoms with Gasteiger partial charge in [0.25, 0.3) is 0 Å². The van der Waals surface area contributed by atoms with Gasteiger partial charge in [-0.25, -0.2) is 0 Å². The van der Waals surface area contributed by atoms with E-state index in [1.807, 2.05) is 19.1 Å². The van der Waals surface area contributed by atoms with Gasteiger partial charge in [0.05, 0.1) is 31.8 Å². The number of hydrogen-bond acceptors (Lipinski definition) is 4. The Balaban J connectivity index is 0. The fourth-order valence-electron chi connectivity index (χ4n) is 0.284. The van der Waals surface area contributed by atoms with E-state index in [9.17, 15) is 0 Å². The van der Waals surface area contributed by atoms with Crippen LogP contribution in [0.3, 0.4) is 0 Å². The first-order valence-electron chi connectivity index (χ1n) is 3.76. The standard InChI is InChI=1S/C5H9NOS.C3H5N/c6-2-1-3-7-4-5-8;1-2-3-4/h8H,1,3-5H2;2H2,1H3. The van der Waals surface area contributed by atoms with Crippen molar-refractivity contribution in [1.82, 2.24) is 0 Å². The third-order valence-corrected chi connectivity index (χ3v) is 0.935. The Morgan fingerprint density at radius 1 is 1.25 bits per heavy atom. The monoisotopic (exact) mass is 186 g/mol. The lowest BCUT2D eigenvalue weighted by molar-refractivity contribution is 0.156. The zero-order chi connectivity index (χ0) is 9.66. The highest BCUT2D eigenvalue weighted by atomic mass is 32.1. The lowest BCUT2D eigenvalue weighted by atomic mass is 10.5. The van der Waals surface area contributed by atoms with Crippen LogP contribution in [0.2, 0.25) is 0 Å². The van der Waals surface area contributed by atoms with Gasteiger partial charge in [-0.2, -0.15) is 23.2 Å². The first-order valence-corrected chi connectivity index (χ1v) is 4.39. The van der Waals surface area contributed by atoms with Crippen LogP contribution in [0.1, 0.15) is 19.8 Å². The molecule has 0 saturated heterocycles. The Hall–Kier alpha value is -0.710. The van der Waals surface area contributed by atoms with Crippen molar-refractivity contribution in [2.75, 3.05) is 19.0 Å². The Morgan fingerprint density at radius 2 is 1.83 bits per heavy atom. The van der Waals surface area contributed by atoms with Gasteiger partial charge in [0.15, 0.2) is 0 Å². The van der Waals surface area contributed by atoms with Crippen LogP contribution >= 0.6 is 12.6 Å². The molecule has 0 aliphatic rings. The normalized spacial score (nSPS) is 7.33. The Labute approximate surface area is 79.4 Å². The summed E-state index contributed by atoms with van der Waals surface area (Å²) in [5, 5.41) is 15.6. The van der Waals surface area contributed by atoms with E-state index in [-0.39, 0.29) is 0 Å². The molecule has 0 radical (unpaired) electrons. The molecule has 0 fully saturated rings. The van der Waals surface area contributed by atoms with E-state index >= 15 is 0 Å². The molecule has 68 valence electrons. The van der Waals surface area contributed by atoms with Crippen LogP contribution in [0, 0.1) is 22.7 Å². The third-order valence-electron chi connectivity index (χ3n) is 0.752. The van der Waals surface area contributed by atoms with Crippen molar-refractivity contribution in [1.29, 1.82) is 10.5 Å². The summed E-state index contributed by atoms with van der Waals surface area (Å²) in [5.41, 5.74) is 0. The molecule has 0 rings (SSSR count). The topological polar surface area (TPSA) is 56.8 Å². The maximum atomic E-state index is 8.02. The average molecular weight is 186 g/mol. The highest BCUT2D eigenvalue weighted by Gasteiger charge is 1.81. The zero-order valence-electron chi connectivity index (χ0n) is 7.29. The van der Waals surface area contributed by atoms with Gasteiger partial charge in [-0.15, -0.1) is 0 Å². The molecular weight excluding hydrogens is 172 g/mol. The minimum Gasteiger partial charge on any atom is -0.380 e. The molecule has 0 aromatic rings. The summed E-state index contributed by atoms with van der Waals surface area (Å²) in [5.74, 6) is 0.728. The van der Waals surface area contributed by atoms with Crippen LogP contribution in [0.15, 0.2) is 0 Å². The van der Waals surface area contributed by atoms with Crippen molar-refractivity contribution in [2.24, 2.45) is 0 Å². The summed E-state index contributed by atoms with van der Waals surface area (Å²) >= 11 is 3.91. The molecule has 0 heterocycles. The van der Waals surface area contributed by atoms with Crippen molar-refractivity contribution >= 4 is 12.6 Å². The van der Waals surface area contributed by atoms with Crippen LogP contribution in [-0.2, 0) is 4.74 Å². The number of rotatable bonds is 4. The van der Waals surface area contributed by atoms with E-state index < -0.39 is 0 Å². The molecule has 0 atom stereocenters.